The molecule has 4 heteroatoms. The van der Waals surface area contributed by atoms with E-state index in [1.54, 1.807) is 4.90 Å². The van der Waals surface area contributed by atoms with Crippen molar-refractivity contribution in [3.63, 3.8) is 0 Å². The van der Waals surface area contributed by atoms with Crippen LogP contribution < -0.4 is 4.90 Å². The molecule has 2 atom stereocenters. The fourth-order valence-electron chi connectivity index (χ4n) is 2.93. The van der Waals surface area contributed by atoms with Crippen LogP contribution in [0.2, 0.25) is 0 Å². The van der Waals surface area contributed by atoms with Crippen molar-refractivity contribution in [2.75, 3.05) is 13.1 Å². The number of fused-ring (bicyclic) bond motifs is 1. The number of quaternary nitrogens is 1. The molecular formula is C15H18N3S+. The molecule has 1 aliphatic rings. The van der Waals surface area contributed by atoms with Gasteiger partial charge < -0.3 is 4.90 Å². The van der Waals surface area contributed by atoms with Gasteiger partial charge in [0, 0.05) is 6.42 Å². The second kappa shape index (κ2) is 5.68. The number of benzene rings is 1. The van der Waals surface area contributed by atoms with E-state index in [2.05, 4.69) is 24.3 Å². The predicted molar refractivity (Wildman–Crippen MR) is 77.1 cm³/mol. The van der Waals surface area contributed by atoms with Crippen molar-refractivity contribution in [1.82, 2.24) is 4.98 Å². The van der Waals surface area contributed by atoms with Crippen LogP contribution in [0.5, 0.6) is 0 Å². The molecule has 1 aromatic carbocycles. The number of nitrogens with one attached hydrogen (secondary N) is 1. The molecule has 0 bridgehead atoms. The molecule has 1 saturated heterocycles. The number of para-hydroxylation sites is 1. The maximum atomic E-state index is 8.79. The van der Waals surface area contributed by atoms with E-state index in [4.69, 9.17) is 10.2 Å². The Hall–Kier alpha value is -1.44. The Morgan fingerprint density at radius 2 is 2.26 bits per heavy atom. The molecule has 2 aromatic rings. The van der Waals surface area contributed by atoms with E-state index < -0.39 is 0 Å². The summed E-state index contributed by atoms with van der Waals surface area (Å²) < 4.78 is 1.28. The molecule has 0 aliphatic carbocycles. The zero-order valence-electron chi connectivity index (χ0n) is 10.9. The standard InChI is InChI=1S/C15H17N3S/c16-9-5-11-18-10-4-3-7-13(18)15-17-12-6-1-2-8-14(12)19-15/h1-2,6,8,13H,3-5,7,10-11H2/p+1/t13-/m0/s1. The van der Waals surface area contributed by atoms with Crippen LogP contribution in [0.3, 0.4) is 0 Å². The van der Waals surface area contributed by atoms with Crippen LogP contribution in [0.4, 0.5) is 0 Å². The second-order valence-electron chi connectivity index (χ2n) is 5.13. The van der Waals surface area contributed by atoms with Gasteiger partial charge in [-0.05, 0) is 25.0 Å². The Bertz CT molecular complexity index is 566. The van der Waals surface area contributed by atoms with Crippen molar-refractivity contribution in [1.29, 1.82) is 5.26 Å². The number of nitriles is 1. The lowest BCUT2D eigenvalue weighted by Crippen LogP contribution is -3.13. The summed E-state index contributed by atoms with van der Waals surface area (Å²) in [6.45, 7) is 2.14. The molecule has 0 saturated carbocycles. The maximum Gasteiger partial charge on any atom is 0.151 e. The number of rotatable bonds is 3. The number of hydrogen-bond acceptors (Lipinski definition) is 3. The first-order valence-corrected chi connectivity index (χ1v) is 7.77. The number of piperidine rings is 1. The first-order chi connectivity index (χ1) is 9.38. The normalized spacial score (nSPS) is 23.3. The molecule has 1 fully saturated rings. The van der Waals surface area contributed by atoms with Gasteiger partial charge in [-0.2, -0.15) is 5.26 Å². The highest BCUT2D eigenvalue weighted by atomic mass is 32.1. The zero-order valence-corrected chi connectivity index (χ0v) is 11.7. The van der Waals surface area contributed by atoms with Crippen LogP contribution >= 0.6 is 11.3 Å². The minimum absolute atomic E-state index is 0.500. The Morgan fingerprint density at radius 3 is 3.11 bits per heavy atom. The van der Waals surface area contributed by atoms with Crippen LogP contribution in [-0.2, 0) is 0 Å². The molecule has 0 radical (unpaired) electrons. The zero-order chi connectivity index (χ0) is 13.1. The van der Waals surface area contributed by atoms with E-state index in [9.17, 15) is 0 Å². The molecule has 3 rings (SSSR count). The highest BCUT2D eigenvalue weighted by molar-refractivity contribution is 7.18. The van der Waals surface area contributed by atoms with Gasteiger partial charge >= 0.3 is 0 Å². The SMILES string of the molecule is N#CCC[NH+]1CCCC[C@H]1c1nc2ccccc2s1. The number of aromatic nitrogens is 1. The van der Waals surface area contributed by atoms with Crippen molar-refractivity contribution >= 4 is 21.6 Å². The van der Waals surface area contributed by atoms with Crippen LogP contribution in [0.15, 0.2) is 24.3 Å². The van der Waals surface area contributed by atoms with Gasteiger partial charge in [-0.25, -0.2) is 4.98 Å². The minimum atomic E-state index is 0.500. The van der Waals surface area contributed by atoms with Gasteiger partial charge in [0.1, 0.15) is 6.04 Å². The molecule has 0 spiro atoms. The summed E-state index contributed by atoms with van der Waals surface area (Å²) in [5.74, 6) is 0. The summed E-state index contributed by atoms with van der Waals surface area (Å²) >= 11 is 1.83. The first-order valence-electron chi connectivity index (χ1n) is 6.95. The molecule has 2 heterocycles. The second-order valence-corrected chi connectivity index (χ2v) is 6.20. The molecule has 0 amide bonds. The summed E-state index contributed by atoms with van der Waals surface area (Å²) in [5.41, 5.74) is 1.12. The largest absolute Gasteiger partial charge is 0.326 e. The quantitative estimate of drug-likeness (QED) is 0.931. The average Bonchev–Trinajstić information content (AvgIpc) is 2.89. The predicted octanol–water partition coefficient (Wildman–Crippen LogP) is 2.32. The number of nitrogens with zero attached hydrogens (tertiary/aromatic N) is 2. The van der Waals surface area contributed by atoms with Gasteiger partial charge in [0.15, 0.2) is 5.01 Å². The van der Waals surface area contributed by atoms with E-state index in [1.807, 2.05) is 17.4 Å². The Balaban J connectivity index is 1.87. The summed E-state index contributed by atoms with van der Waals surface area (Å²) in [6, 6.07) is 11.1. The Kier molecular flexibility index (Phi) is 3.77. The number of thiazole rings is 1. The molecule has 1 aliphatic heterocycles. The highest BCUT2D eigenvalue weighted by Crippen LogP contribution is 2.28. The lowest BCUT2D eigenvalue weighted by Gasteiger charge is -2.30. The van der Waals surface area contributed by atoms with E-state index in [1.165, 1.54) is 35.5 Å². The van der Waals surface area contributed by atoms with Gasteiger partial charge in [0.25, 0.3) is 0 Å². The Labute approximate surface area is 117 Å². The van der Waals surface area contributed by atoms with Gasteiger partial charge in [0.2, 0.25) is 0 Å². The summed E-state index contributed by atoms with van der Waals surface area (Å²) in [5, 5.41) is 10.0. The number of likely N-dealkylation sites (tertiary alicyclic amines) is 1. The van der Waals surface area contributed by atoms with Crippen molar-refractivity contribution in [3.8, 4) is 6.07 Å². The fourth-order valence-corrected chi connectivity index (χ4v) is 4.09. The molecule has 3 nitrogen and oxygen atoms in total. The van der Waals surface area contributed by atoms with Gasteiger partial charge in [-0.1, -0.05) is 12.1 Å². The monoisotopic (exact) mass is 272 g/mol. The van der Waals surface area contributed by atoms with Crippen molar-refractivity contribution in [3.05, 3.63) is 29.3 Å². The van der Waals surface area contributed by atoms with Crippen molar-refractivity contribution in [2.24, 2.45) is 0 Å². The molecule has 1 N–H and O–H groups in total. The molecule has 98 valence electrons. The van der Waals surface area contributed by atoms with Crippen molar-refractivity contribution in [2.45, 2.75) is 31.7 Å². The topological polar surface area (TPSA) is 41.1 Å². The van der Waals surface area contributed by atoms with E-state index in [-0.39, 0.29) is 0 Å². The van der Waals surface area contributed by atoms with Crippen LogP contribution in [0, 0.1) is 11.3 Å². The summed E-state index contributed by atoms with van der Waals surface area (Å²) in [6.07, 6.45) is 4.43. The average molecular weight is 272 g/mol. The van der Waals surface area contributed by atoms with E-state index in [0.717, 1.165) is 12.1 Å². The molecule has 19 heavy (non-hydrogen) atoms. The van der Waals surface area contributed by atoms with Crippen LogP contribution in [-0.4, -0.2) is 18.1 Å². The minimum Gasteiger partial charge on any atom is -0.326 e. The third-order valence-electron chi connectivity index (χ3n) is 3.90. The fraction of sp³-hybridized carbons (Fsp3) is 0.467. The maximum absolute atomic E-state index is 8.79. The third kappa shape index (κ3) is 2.63. The van der Waals surface area contributed by atoms with E-state index >= 15 is 0 Å². The van der Waals surface area contributed by atoms with E-state index in [0.29, 0.717) is 12.5 Å². The van der Waals surface area contributed by atoms with Gasteiger partial charge in [0.05, 0.1) is 35.8 Å². The summed E-state index contributed by atoms with van der Waals surface area (Å²) in [7, 11) is 0. The molecular weight excluding hydrogens is 254 g/mol. The lowest BCUT2D eigenvalue weighted by molar-refractivity contribution is -0.936. The molecule has 1 unspecified atom stereocenters. The first kappa shape index (κ1) is 12.6. The van der Waals surface area contributed by atoms with Gasteiger partial charge in [-0.15, -0.1) is 11.3 Å². The van der Waals surface area contributed by atoms with Crippen LogP contribution in [0.1, 0.15) is 36.7 Å². The van der Waals surface area contributed by atoms with Gasteiger partial charge in [-0.3, -0.25) is 0 Å². The highest BCUT2D eigenvalue weighted by Gasteiger charge is 2.29. The molecule has 1 aromatic heterocycles. The van der Waals surface area contributed by atoms with Crippen LogP contribution in [0.25, 0.3) is 10.2 Å². The lowest BCUT2D eigenvalue weighted by atomic mass is 10.0. The Morgan fingerprint density at radius 1 is 1.37 bits per heavy atom. The smallest absolute Gasteiger partial charge is 0.151 e. The summed E-state index contributed by atoms with van der Waals surface area (Å²) in [4.78, 5) is 6.36. The number of hydrogen-bond donors (Lipinski definition) is 1. The van der Waals surface area contributed by atoms with Crippen molar-refractivity contribution < 1.29 is 4.90 Å². The third-order valence-corrected chi connectivity index (χ3v) is 5.05.